The van der Waals surface area contributed by atoms with Gasteiger partial charge in [0.05, 0.1) is 17.6 Å². The highest BCUT2D eigenvalue weighted by Gasteiger charge is 2.27. The number of aliphatic hydroxyl groups is 1. The number of aryl methyl sites for hydroxylation is 1. The summed E-state index contributed by atoms with van der Waals surface area (Å²) in [6, 6.07) is 0. The summed E-state index contributed by atoms with van der Waals surface area (Å²) in [5.74, 6) is 0. The summed E-state index contributed by atoms with van der Waals surface area (Å²) in [5, 5.41) is 9.87. The van der Waals surface area contributed by atoms with Gasteiger partial charge in [-0.15, -0.1) is 0 Å². The van der Waals surface area contributed by atoms with Crippen molar-refractivity contribution >= 4 is 0 Å². The van der Waals surface area contributed by atoms with E-state index in [0.717, 1.165) is 39.0 Å². The fourth-order valence-corrected chi connectivity index (χ4v) is 2.19. The lowest BCUT2D eigenvalue weighted by molar-refractivity contribution is -0.00778. The number of imidazole rings is 1. The minimum atomic E-state index is -0.457. The Morgan fingerprint density at radius 2 is 2.12 bits per heavy atom. The summed E-state index contributed by atoms with van der Waals surface area (Å²) in [4.78, 5) is 6.56. The first-order valence-electron chi connectivity index (χ1n) is 6.04. The Labute approximate surface area is 96.9 Å². The number of rotatable bonds is 3. The maximum Gasteiger partial charge on any atom is 0.0948 e. The van der Waals surface area contributed by atoms with E-state index >= 15 is 0 Å². The van der Waals surface area contributed by atoms with Gasteiger partial charge in [0, 0.05) is 32.4 Å². The normalized spacial score (nSPS) is 21.2. The van der Waals surface area contributed by atoms with Crippen molar-refractivity contribution < 1.29 is 5.11 Å². The maximum absolute atomic E-state index is 9.87. The van der Waals surface area contributed by atoms with Gasteiger partial charge in [-0.05, 0) is 26.7 Å². The molecule has 2 heterocycles. The van der Waals surface area contributed by atoms with Gasteiger partial charge in [-0.1, -0.05) is 0 Å². The monoisotopic (exact) mass is 223 g/mol. The molecule has 0 spiro atoms. The van der Waals surface area contributed by atoms with Gasteiger partial charge in [0.1, 0.15) is 0 Å². The summed E-state index contributed by atoms with van der Waals surface area (Å²) in [7, 11) is 0. The van der Waals surface area contributed by atoms with Gasteiger partial charge in [-0.25, -0.2) is 4.98 Å². The summed E-state index contributed by atoms with van der Waals surface area (Å²) in [6.07, 6.45) is 5.56. The van der Waals surface area contributed by atoms with E-state index in [9.17, 15) is 5.11 Å². The highest BCUT2D eigenvalue weighted by molar-refractivity contribution is 4.99. The highest BCUT2D eigenvalue weighted by Crippen LogP contribution is 2.22. The average Bonchev–Trinajstić information content (AvgIpc) is 2.68. The lowest BCUT2D eigenvalue weighted by atomic mass is 9.94. The molecular formula is C12H21N3O. The number of hydrogen-bond acceptors (Lipinski definition) is 3. The van der Waals surface area contributed by atoms with Gasteiger partial charge in [-0.2, -0.15) is 0 Å². The van der Waals surface area contributed by atoms with E-state index in [0.29, 0.717) is 0 Å². The molecule has 1 aliphatic rings. The minimum absolute atomic E-state index is 0.457. The molecular weight excluding hydrogens is 202 g/mol. The van der Waals surface area contributed by atoms with E-state index in [-0.39, 0.29) is 0 Å². The number of aromatic nitrogens is 2. The molecule has 1 fully saturated rings. The average molecular weight is 223 g/mol. The van der Waals surface area contributed by atoms with Crippen LogP contribution in [0, 0.1) is 0 Å². The third-order valence-corrected chi connectivity index (χ3v) is 3.46. The van der Waals surface area contributed by atoms with Crippen LogP contribution in [0.1, 0.15) is 32.4 Å². The highest BCUT2D eigenvalue weighted by atomic mass is 16.3. The summed E-state index contributed by atoms with van der Waals surface area (Å²) in [5.41, 5.74) is 0.811. The van der Waals surface area contributed by atoms with Crippen LogP contribution in [0.2, 0.25) is 0 Å². The molecule has 16 heavy (non-hydrogen) atoms. The number of nitrogens with zero attached hydrogens (tertiary/aromatic N) is 3. The molecule has 0 aliphatic carbocycles. The SMILES string of the molecule is CCn1cncc1CN1CCC(C)(O)CC1. The second kappa shape index (κ2) is 4.55. The molecule has 0 radical (unpaired) electrons. The van der Waals surface area contributed by atoms with Gasteiger partial charge in [-0.3, -0.25) is 4.90 Å². The molecule has 90 valence electrons. The number of piperidine rings is 1. The summed E-state index contributed by atoms with van der Waals surface area (Å²) >= 11 is 0. The van der Waals surface area contributed by atoms with Crippen molar-refractivity contribution in [3.8, 4) is 0 Å². The second-order valence-electron chi connectivity index (χ2n) is 4.94. The predicted molar refractivity (Wildman–Crippen MR) is 63.0 cm³/mol. The molecule has 0 atom stereocenters. The van der Waals surface area contributed by atoms with Crippen molar-refractivity contribution in [3.05, 3.63) is 18.2 Å². The fraction of sp³-hybridized carbons (Fsp3) is 0.750. The Hall–Kier alpha value is -0.870. The van der Waals surface area contributed by atoms with E-state index in [2.05, 4.69) is 21.4 Å². The molecule has 1 saturated heterocycles. The topological polar surface area (TPSA) is 41.3 Å². The molecule has 4 nitrogen and oxygen atoms in total. The van der Waals surface area contributed by atoms with Crippen LogP contribution in [-0.2, 0) is 13.1 Å². The zero-order valence-corrected chi connectivity index (χ0v) is 10.2. The van der Waals surface area contributed by atoms with Crippen LogP contribution in [0.15, 0.2) is 12.5 Å². The van der Waals surface area contributed by atoms with Crippen LogP contribution in [0.25, 0.3) is 0 Å². The first-order chi connectivity index (χ1) is 7.61. The van der Waals surface area contributed by atoms with Crippen molar-refractivity contribution in [1.29, 1.82) is 0 Å². The van der Waals surface area contributed by atoms with E-state index in [1.54, 1.807) is 0 Å². The molecule has 4 heteroatoms. The van der Waals surface area contributed by atoms with Crippen LogP contribution in [0.4, 0.5) is 0 Å². The van der Waals surface area contributed by atoms with E-state index in [1.807, 2.05) is 19.4 Å². The Morgan fingerprint density at radius 1 is 1.44 bits per heavy atom. The number of likely N-dealkylation sites (tertiary alicyclic amines) is 1. The molecule has 1 aromatic heterocycles. The standard InChI is InChI=1S/C12H21N3O/c1-3-15-10-13-8-11(15)9-14-6-4-12(2,16)5-7-14/h8,10,16H,3-7,9H2,1-2H3. The largest absolute Gasteiger partial charge is 0.390 e. The zero-order chi connectivity index (χ0) is 11.6. The Balaban J connectivity index is 1.92. The maximum atomic E-state index is 9.87. The predicted octanol–water partition coefficient (Wildman–Crippen LogP) is 1.25. The van der Waals surface area contributed by atoms with Crippen LogP contribution < -0.4 is 0 Å². The quantitative estimate of drug-likeness (QED) is 0.838. The molecule has 0 bridgehead atoms. The molecule has 0 amide bonds. The minimum Gasteiger partial charge on any atom is -0.390 e. The molecule has 1 aliphatic heterocycles. The van der Waals surface area contributed by atoms with Crippen LogP contribution in [0.3, 0.4) is 0 Å². The van der Waals surface area contributed by atoms with Gasteiger partial charge in [0.15, 0.2) is 0 Å². The van der Waals surface area contributed by atoms with Crippen molar-refractivity contribution in [2.45, 2.75) is 45.4 Å². The third kappa shape index (κ3) is 2.62. The lowest BCUT2D eigenvalue weighted by Gasteiger charge is -2.35. The van der Waals surface area contributed by atoms with E-state index in [1.165, 1.54) is 5.69 Å². The molecule has 1 aromatic rings. The Morgan fingerprint density at radius 3 is 2.75 bits per heavy atom. The van der Waals surface area contributed by atoms with E-state index < -0.39 is 5.60 Å². The molecule has 2 rings (SSSR count). The first kappa shape index (κ1) is 11.6. The van der Waals surface area contributed by atoms with Crippen molar-refractivity contribution in [3.63, 3.8) is 0 Å². The van der Waals surface area contributed by atoms with Gasteiger partial charge >= 0.3 is 0 Å². The van der Waals surface area contributed by atoms with Crippen LogP contribution in [-0.4, -0.2) is 38.2 Å². The molecule has 0 saturated carbocycles. The zero-order valence-electron chi connectivity index (χ0n) is 10.2. The smallest absolute Gasteiger partial charge is 0.0948 e. The van der Waals surface area contributed by atoms with Gasteiger partial charge in [0.25, 0.3) is 0 Å². The first-order valence-corrected chi connectivity index (χ1v) is 6.04. The van der Waals surface area contributed by atoms with Crippen molar-refractivity contribution in [2.75, 3.05) is 13.1 Å². The molecule has 0 aromatic carbocycles. The fourth-order valence-electron chi connectivity index (χ4n) is 2.19. The van der Waals surface area contributed by atoms with Crippen LogP contribution >= 0.6 is 0 Å². The number of hydrogen-bond donors (Lipinski definition) is 1. The second-order valence-corrected chi connectivity index (χ2v) is 4.94. The Bertz CT molecular complexity index is 336. The van der Waals surface area contributed by atoms with E-state index in [4.69, 9.17) is 0 Å². The van der Waals surface area contributed by atoms with Crippen molar-refractivity contribution in [1.82, 2.24) is 14.5 Å². The molecule has 0 unspecified atom stereocenters. The molecule has 1 N–H and O–H groups in total. The lowest BCUT2D eigenvalue weighted by Crippen LogP contribution is -2.42. The van der Waals surface area contributed by atoms with Crippen LogP contribution in [0.5, 0.6) is 0 Å². The summed E-state index contributed by atoms with van der Waals surface area (Å²) < 4.78 is 2.17. The summed E-state index contributed by atoms with van der Waals surface area (Å²) in [6.45, 7) is 7.93. The third-order valence-electron chi connectivity index (χ3n) is 3.46. The van der Waals surface area contributed by atoms with Gasteiger partial charge in [0.2, 0.25) is 0 Å². The Kier molecular flexibility index (Phi) is 3.30. The van der Waals surface area contributed by atoms with Crippen molar-refractivity contribution in [2.24, 2.45) is 0 Å². The van der Waals surface area contributed by atoms with Gasteiger partial charge < -0.3 is 9.67 Å².